The predicted octanol–water partition coefficient (Wildman–Crippen LogP) is -0.516. The summed E-state index contributed by atoms with van der Waals surface area (Å²) in [6.07, 6.45) is 4.31. The molecular weight excluding hydrogens is 218 g/mol. The monoisotopic (exact) mass is 237 g/mol. The Hall–Kier alpha value is -1.36. The molecule has 0 saturated carbocycles. The molecule has 3 heterocycles. The number of hydrogen-bond donors (Lipinski definition) is 2. The van der Waals surface area contributed by atoms with Gasteiger partial charge in [-0.1, -0.05) is 6.08 Å². The lowest BCUT2D eigenvalue weighted by molar-refractivity contribution is -0.137. The van der Waals surface area contributed by atoms with Crippen LogP contribution in [-0.2, 0) is 9.59 Å². The van der Waals surface area contributed by atoms with Crippen molar-refractivity contribution in [3.63, 3.8) is 0 Å². The minimum absolute atomic E-state index is 0.341. The number of nitrogens with zero attached hydrogens (tertiary/aromatic N) is 1. The predicted molar refractivity (Wildman–Crippen MR) is 64.0 cm³/mol. The molecule has 2 bridgehead atoms. The quantitative estimate of drug-likeness (QED) is 0.512. The summed E-state index contributed by atoms with van der Waals surface area (Å²) in [5.41, 5.74) is 4.89. The zero-order valence-electron chi connectivity index (χ0n) is 9.89. The lowest BCUT2D eigenvalue weighted by Gasteiger charge is -2.49. The number of fused-ring (bicyclic) bond motifs is 3. The molecule has 94 valence electrons. The van der Waals surface area contributed by atoms with Gasteiger partial charge in [0, 0.05) is 19.1 Å². The van der Waals surface area contributed by atoms with Crippen LogP contribution in [0, 0.1) is 11.8 Å². The van der Waals surface area contributed by atoms with E-state index in [9.17, 15) is 9.59 Å². The first-order valence-electron chi connectivity index (χ1n) is 6.06. The van der Waals surface area contributed by atoms with Crippen LogP contribution in [-0.4, -0.2) is 42.4 Å². The molecule has 0 aromatic carbocycles. The van der Waals surface area contributed by atoms with Gasteiger partial charge in [-0.05, 0) is 31.2 Å². The molecule has 17 heavy (non-hydrogen) atoms. The van der Waals surface area contributed by atoms with Gasteiger partial charge < -0.3 is 11.1 Å². The number of nitrogens with one attached hydrogen (secondary N) is 1. The highest BCUT2D eigenvalue weighted by Crippen LogP contribution is 2.36. The summed E-state index contributed by atoms with van der Waals surface area (Å²) in [7, 11) is 0. The number of piperidine rings is 3. The highest BCUT2D eigenvalue weighted by atomic mass is 16.2. The van der Waals surface area contributed by atoms with Crippen molar-refractivity contribution in [2.45, 2.75) is 18.9 Å². The molecule has 0 aliphatic carbocycles. The largest absolute Gasteiger partial charge is 0.361 e. The van der Waals surface area contributed by atoms with Crippen LogP contribution in [0.2, 0.25) is 0 Å². The highest BCUT2D eigenvalue weighted by Gasteiger charge is 2.38. The van der Waals surface area contributed by atoms with Gasteiger partial charge in [-0.2, -0.15) is 0 Å². The maximum atomic E-state index is 11.1. The molecule has 4 atom stereocenters. The van der Waals surface area contributed by atoms with Crippen LogP contribution < -0.4 is 11.1 Å². The van der Waals surface area contributed by atoms with E-state index in [-0.39, 0.29) is 0 Å². The molecule has 5 nitrogen and oxygen atoms in total. The smallest absolute Gasteiger partial charge is 0.309 e. The maximum absolute atomic E-state index is 11.1. The van der Waals surface area contributed by atoms with E-state index in [4.69, 9.17) is 5.73 Å². The molecular formula is C12H19N3O2. The van der Waals surface area contributed by atoms with E-state index < -0.39 is 11.8 Å². The summed E-state index contributed by atoms with van der Waals surface area (Å²) in [5.74, 6) is -0.349. The van der Waals surface area contributed by atoms with Gasteiger partial charge in [0.05, 0.1) is 0 Å². The Balaban J connectivity index is 1.86. The Morgan fingerprint density at radius 3 is 2.82 bits per heavy atom. The molecule has 4 unspecified atom stereocenters. The lowest BCUT2D eigenvalue weighted by atomic mass is 9.75. The molecule has 3 aliphatic heterocycles. The summed E-state index contributed by atoms with van der Waals surface area (Å²) < 4.78 is 0. The van der Waals surface area contributed by atoms with Crippen molar-refractivity contribution in [3.8, 4) is 0 Å². The molecule has 5 heteroatoms. The Kier molecular flexibility index (Phi) is 3.47. The van der Waals surface area contributed by atoms with Gasteiger partial charge in [-0.3, -0.25) is 14.5 Å². The summed E-state index contributed by atoms with van der Waals surface area (Å²) in [6, 6.07) is 0.341. The standard InChI is InChI=1S/C12H19N3O2/c1-2-8-7-15-4-3-9(8)5-10(15)6-14-12(17)11(13)16/h2,8-10H,1,3-7H2,(H2,13,16)(H,14,17). The van der Waals surface area contributed by atoms with Crippen molar-refractivity contribution >= 4 is 11.8 Å². The van der Waals surface area contributed by atoms with Gasteiger partial charge in [0.15, 0.2) is 0 Å². The SMILES string of the molecule is C=CC1CN2CCC1CC2CNC(=O)C(N)=O. The summed E-state index contributed by atoms with van der Waals surface area (Å²) in [4.78, 5) is 24.1. The number of primary amides is 1. The van der Waals surface area contributed by atoms with E-state index in [0.717, 1.165) is 19.5 Å². The van der Waals surface area contributed by atoms with Gasteiger partial charge in [0.25, 0.3) is 0 Å². The average Bonchev–Trinajstić information content (AvgIpc) is 2.36. The Labute approximate surface area is 101 Å². The first kappa shape index (κ1) is 12.1. The van der Waals surface area contributed by atoms with E-state index in [2.05, 4.69) is 16.8 Å². The molecule has 0 radical (unpaired) electrons. The van der Waals surface area contributed by atoms with Crippen molar-refractivity contribution in [3.05, 3.63) is 12.7 Å². The fourth-order valence-corrected chi connectivity index (χ4v) is 2.96. The third-order valence-electron chi connectivity index (χ3n) is 3.95. The fourth-order valence-electron chi connectivity index (χ4n) is 2.96. The van der Waals surface area contributed by atoms with E-state index in [1.54, 1.807) is 0 Å². The Morgan fingerprint density at radius 1 is 1.53 bits per heavy atom. The fraction of sp³-hybridized carbons (Fsp3) is 0.667. The molecule has 3 saturated heterocycles. The first-order valence-corrected chi connectivity index (χ1v) is 6.06. The van der Waals surface area contributed by atoms with Gasteiger partial charge in [0.1, 0.15) is 0 Å². The van der Waals surface area contributed by atoms with Gasteiger partial charge in [0.2, 0.25) is 0 Å². The van der Waals surface area contributed by atoms with Gasteiger partial charge in [-0.15, -0.1) is 6.58 Å². The first-order chi connectivity index (χ1) is 8.11. The molecule has 0 aromatic heterocycles. The molecule has 0 spiro atoms. The van der Waals surface area contributed by atoms with E-state index in [0.29, 0.717) is 24.4 Å². The normalized spacial score (nSPS) is 35.3. The van der Waals surface area contributed by atoms with Crippen LogP contribution in [0.1, 0.15) is 12.8 Å². The Morgan fingerprint density at radius 2 is 2.29 bits per heavy atom. The second-order valence-corrected chi connectivity index (χ2v) is 4.91. The second-order valence-electron chi connectivity index (χ2n) is 4.91. The van der Waals surface area contributed by atoms with Crippen LogP contribution in [0.15, 0.2) is 12.7 Å². The Bertz CT molecular complexity index is 343. The molecule has 0 aromatic rings. The minimum Gasteiger partial charge on any atom is -0.361 e. The summed E-state index contributed by atoms with van der Waals surface area (Å²) in [6.45, 7) is 6.48. The van der Waals surface area contributed by atoms with E-state index in [1.807, 2.05) is 6.08 Å². The third kappa shape index (κ3) is 2.49. The molecule has 3 fully saturated rings. The van der Waals surface area contributed by atoms with Crippen molar-refractivity contribution in [2.24, 2.45) is 17.6 Å². The van der Waals surface area contributed by atoms with E-state index >= 15 is 0 Å². The number of amides is 2. The van der Waals surface area contributed by atoms with Crippen LogP contribution in [0.5, 0.6) is 0 Å². The minimum atomic E-state index is -0.912. The van der Waals surface area contributed by atoms with Gasteiger partial charge in [-0.25, -0.2) is 0 Å². The third-order valence-corrected chi connectivity index (χ3v) is 3.95. The van der Waals surface area contributed by atoms with E-state index in [1.165, 1.54) is 6.42 Å². The van der Waals surface area contributed by atoms with Crippen molar-refractivity contribution < 1.29 is 9.59 Å². The summed E-state index contributed by atoms with van der Waals surface area (Å²) in [5, 5.41) is 2.59. The second kappa shape index (κ2) is 4.87. The van der Waals surface area contributed by atoms with Crippen LogP contribution in [0.4, 0.5) is 0 Å². The van der Waals surface area contributed by atoms with Crippen LogP contribution in [0.3, 0.4) is 0 Å². The number of hydrogen-bond acceptors (Lipinski definition) is 3. The number of rotatable bonds is 3. The van der Waals surface area contributed by atoms with Gasteiger partial charge >= 0.3 is 11.8 Å². The molecule has 3 rings (SSSR count). The zero-order valence-corrected chi connectivity index (χ0v) is 9.89. The number of carbonyl (C=O) groups excluding carboxylic acids is 2. The van der Waals surface area contributed by atoms with Crippen molar-refractivity contribution in [2.75, 3.05) is 19.6 Å². The summed E-state index contributed by atoms with van der Waals surface area (Å²) >= 11 is 0. The number of nitrogens with two attached hydrogens (primary N) is 1. The van der Waals surface area contributed by atoms with Crippen molar-refractivity contribution in [1.82, 2.24) is 10.2 Å². The lowest BCUT2D eigenvalue weighted by Crippen LogP contribution is -2.56. The maximum Gasteiger partial charge on any atom is 0.309 e. The highest BCUT2D eigenvalue weighted by molar-refractivity contribution is 6.34. The van der Waals surface area contributed by atoms with Crippen LogP contribution in [0.25, 0.3) is 0 Å². The number of carbonyl (C=O) groups is 2. The van der Waals surface area contributed by atoms with Crippen LogP contribution >= 0.6 is 0 Å². The zero-order chi connectivity index (χ0) is 12.4. The average molecular weight is 237 g/mol. The molecule has 2 amide bonds. The van der Waals surface area contributed by atoms with Crippen molar-refractivity contribution in [1.29, 1.82) is 0 Å². The molecule has 3 aliphatic rings. The topological polar surface area (TPSA) is 75.4 Å². The molecule has 3 N–H and O–H groups in total.